The number of rotatable bonds is 2. The highest BCUT2D eigenvalue weighted by atomic mass is 19.1. The van der Waals surface area contributed by atoms with Crippen molar-refractivity contribution in [2.75, 3.05) is 0 Å². The smallest absolute Gasteiger partial charge is 0.126 e. The number of hydrogen-bond acceptors (Lipinski definition) is 1. The van der Waals surface area contributed by atoms with Crippen LogP contribution < -0.4 is 5.73 Å². The second-order valence-corrected chi connectivity index (χ2v) is 6.54. The van der Waals surface area contributed by atoms with E-state index >= 15 is 0 Å². The van der Waals surface area contributed by atoms with Gasteiger partial charge in [-0.3, -0.25) is 0 Å². The standard InChI is InChI=1S/C19H20FN/c1-11-10-13(7-9-16(11)20)19(21)18-15-8-6-12-4-2-3-5-14(12)17(15)18/h2-5,7,9-10,15,17-19H,6,8,21H2,1H3. The van der Waals surface area contributed by atoms with Gasteiger partial charge in [-0.15, -0.1) is 0 Å². The first-order chi connectivity index (χ1) is 10.2. The average molecular weight is 281 g/mol. The summed E-state index contributed by atoms with van der Waals surface area (Å²) < 4.78 is 13.4. The summed E-state index contributed by atoms with van der Waals surface area (Å²) in [4.78, 5) is 0. The third-order valence-electron chi connectivity index (χ3n) is 5.37. The molecule has 0 radical (unpaired) electrons. The van der Waals surface area contributed by atoms with Gasteiger partial charge < -0.3 is 5.73 Å². The van der Waals surface area contributed by atoms with Crippen LogP contribution in [0.1, 0.15) is 40.6 Å². The first-order valence-corrected chi connectivity index (χ1v) is 7.76. The summed E-state index contributed by atoms with van der Waals surface area (Å²) in [6.07, 6.45) is 2.41. The predicted octanol–water partition coefficient (Wildman–Crippen LogP) is 4.11. The first kappa shape index (κ1) is 13.0. The zero-order valence-corrected chi connectivity index (χ0v) is 12.2. The van der Waals surface area contributed by atoms with Crippen LogP contribution in [0.25, 0.3) is 0 Å². The summed E-state index contributed by atoms with van der Waals surface area (Å²) in [6.45, 7) is 1.81. The van der Waals surface area contributed by atoms with Crippen LogP contribution >= 0.6 is 0 Å². The maximum absolute atomic E-state index is 13.4. The van der Waals surface area contributed by atoms with E-state index in [2.05, 4.69) is 24.3 Å². The molecule has 2 aromatic rings. The monoisotopic (exact) mass is 281 g/mol. The Morgan fingerprint density at radius 1 is 1.19 bits per heavy atom. The topological polar surface area (TPSA) is 26.0 Å². The molecule has 0 aliphatic heterocycles. The molecule has 0 aromatic heterocycles. The lowest BCUT2D eigenvalue weighted by Crippen LogP contribution is -2.14. The molecule has 0 saturated heterocycles. The molecule has 2 N–H and O–H groups in total. The number of fused-ring (bicyclic) bond motifs is 3. The summed E-state index contributed by atoms with van der Waals surface area (Å²) in [5.74, 6) is 1.68. The zero-order valence-electron chi connectivity index (χ0n) is 12.2. The maximum atomic E-state index is 13.4. The SMILES string of the molecule is Cc1cc(C(N)C2C3CCc4ccccc4C32)ccc1F. The summed E-state index contributed by atoms with van der Waals surface area (Å²) in [5.41, 5.74) is 11.3. The van der Waals surface area contributed by atoms with E-state index in [1.54, 1.807) is 13.0 Å². The van der Waals surface area contributed by atoms with E-state index in [0.717, 1.165) is 5.56 Å². The van der Waals surface area contributed by atoms with E-state index in [1.807, 2.05) is 12.1 Å². The normalized spacial score (nSPS) is 27.7. The largest absolute Gasteiger partial charge is 0.324 e. The van der Waals surface area contributed by atoms with Gasteiger partial charge in [-0.25, -0.2) is 4.39 Å². The van der Waals surface area contributed by atoms with Gasteiger partial charge >= 0.3 is 0 Å². The Hall–Kier alpha value is -1.67. The van der Waals surface area contributed by atoms with Crippen molar-refractivity contribution in [2.24, 2.45) is 17.6 Å². The van der Waals surface area contributed by atoms with Crippen molar-refractivity contribution >= 4 is 0 Å². The van der Waals surface area contributed by atoms with Gasteiger partial charge in [0.05, 0.1) is 0 Å². The van der Waals surface area contributed by atoms with Crippen LogP contribution in [0.3, 0.4) is 0 Å². The van der Waals surface area contributed by atoms with Gasteiger partial charge in [0, 0.05) is 6.04 Å². The van der Waals surface area contributed by atoms with Crippen LogP contribution in [0.5, 0.6) is 0 Å². The number of benzene rings is 2. The van der Waals surface area contributed by atoms with Gasteiger partial charge in [0.1, 0.15) is 5.82 Å². The molecule has 0 amide bonds. The van der Waals surface area contributed by atoms with Crippen molar-refractivity contribution in [3.05, 3.63) is 70.5 Å². The van der Waals surface area contributed by atoms with Gasteiger partial charge in [0.2, 0.25) is 0 Å². The summed E-state index contributed by atoms with van der Waals surface area (Å²) >= 11 is 0. The molecule has 21 heavy (non-hydrogen) atoms. The Labute approximate surface area is 125 Å². The maximum Gasteiger partial charge on any atom is 0.126 e. The van der Waals surface area contributed by atoms with Crippen LogP contribution in [0.4, 0.5) is 4.39 Å². The lowest BCUT2D eigenvalue weighted by Gasteiger charge is -2.14. The lowest BCUT2D eigenvalue weighted by atomic mass is 9.92. The molecule has 0 heterocycles. The lowest BCUT2D eigenvalue weighted by molar-refractivity contribution is 0.552. The van der Waals surface area contributed by atoms with Crippen LogP contribution in [0, 0.1) is 24.6 Å². The number of aryl methyl sites for hydroxylation is 2. The molecule has 1 saturated carbocycles. The minimum atomic E-state index is -0.149. The minimum Gasteiger partial charge on any atom is -0.324 e. The molecule has 2 aliphatic carbocycles. The van der Waals surface area contributed by atoms with Gasteiger partial charge in [-0.05, 0) is 65.8 Å². The Bertz CT molecular complexity index is 694. The van der Waals surface area contributed by atoms with E-state index < -0.39 is 0 Å². The number of halogens is 1. The molecule has 4 atom stereocenters. The second-order valence-electron chi connectivity index (χ2n) is 6.54. The van der Waals surface area contributed by atoms with Crippen molar-refractivity contribution < 1.29 is 4.39 Å². The third-order valence-corrected chi connectivity index (χ3v) is 5.37. The van der Waals surface area contributed by atoms with Gasteiger partial charge in [0.15, 0.2) is 0 Å². The molecular formula is C19H20FN. The fraction of sp³-hybridized carbons (Fsp3) is 0.368. The number of hydrogen-bond donors (Lipinski definition) is 1. The average Bonchev–Trinajstić information content (AvgIpc) is 3.24. The first-order valence-electron chi connectivity index (χ1n) is 7.76. The van der Waals surface area contributed by atoms with Crippen molar-refractivity contribution in [3.63, 3.8) is 0 Å². The molecule has 108 valence electrons. The molecule has 1 fully saturated rings. The Morgan fingerprint density at radius 3 is 2.81 bits per heavy atom. The quantitative estimate of drug-likeness (QED) is 0.880. The van der Waals surface area contributed by atoms with Crippen LogP contribution in [0.2, 0.25) is 0 Å². The van der Waals surface area contributed by atoms with Crippen molar-refractivity contribution in [1.82, 2.24) is 0 Å². The second kappa shape index (κ2) is 4.67. The molecule has 4 rings (SSSR count). The molecule has 1 nitrogen and oxygen atoms in total. The summed E-state index contributed by atoms with van der Waals surface area (Å²) in [6, 6.07) is 14.1. The molecule has 0 bridgehead atoms. The van der Waals surface area contributed by atoms with Crippen LogP contribution in [0.15, 0.2) is 42.5 Å². The molecule has 2 aliphatic rings. The Balaban J connectivity index is 1.63. The van der Waals surface area contributed by atoms with E-state index in [9.17, 15) is 4.39 Å². The Morgan fingerprint density at radius 2 is 2.00 bits per heavy atom. The third kappa shape index (κ3) is 2.01. The van der Waals surface area contributed by atoms with Crippen LogP contribution in [-0.4, -0.2) is 0 Å². The fourth-order valence-electron chi connectivity index (χ4n) is 4.21. The molecule has 2 aromatic carbocycles. The van der Waals surface area contributed by atoms with Crippen molar-refractivity contribution in [1.29, 1.82) is 0 Å². The highest BCUT2D eigenvalue weighted by molar-refractivity contribution is 5.41. The van der Waals surface area contributed by atoms with E-state index in [4.69, 9.17) is 5.73 Å². The van der Waals surface area contributed by atoms with Gasteiger partial charge in [0.25, 0.3) is 0 Å². The van der Waals surface area contributed by atoms with E-state index in [1.165, 1.54) is 24.0 Å². The Kier molecular flexibility index (Phi) is 2.90. The molecule has 0 spiro atoms. The van der Waals surface area contributed by atoms with Gasteiger partial charge in [-0.2, -0.15) is 0 Å². The summed E-state index contributed by atoms with van der Waals surface area (Å²) in [7, 11) is 0. The van der Waals surface area contributed by atoms with Crippen molar-refractivity contribution in [2.45, 2.75) is 31.7 Å². The van der Waals surface area contributed by atoms with Crippen molar-refractivity contribution in [3.8, 4) is 0 Å². The van der Waals surface area contributed by atoms with E-state index in [-0.39, 0.29) is 11.9 Å². The number of nitrogens with two attached hydrogens (primary N) is 1. The van der Waals surface area contributed by atoms with Crippen LogP contribution in [-0.2, 0) is 6.42 Å². The highest BCUT2D eigenvalue weighted by Gasteiger charge is 2.55. The summed E-state index contributed by atoms with van der Waals surface area (Å²) in [5, 5.41) is 0. The highest BCUT2D eigenvalue weighted by Crippen LogP contribution is 2.63. The minimum absolute atomic E-state index is 0.0189. The predicted molar refractivity (Wildman–Crippen MR) is 82.5 cm³/mol. The fourth-order valence-corrected chi connectivity index (χ4v) is 4.21. The zero-order chi connectivity index (χ0) is 14.6. The van der Waals surface area contributed by atoms with E-state index in [0.29, 0.717) is 23.3 Å². The molecule has 2 heteroatoms. The molecule has 4 unspecified atom stereocenters. The molecular weight excluding hydrogens is 261 g/mol. The van der Waals surface area contributed by atoms with Gasteiger partial charge in [-0.1, -0.05) is 36.4 Å².